The third-order valence-electron chi connectivity index (χ3n) is 1.93. The zero-order chi connectivity index (χ0) is 10.6. The van der Waals surface area contributed by atoms with Gasteiger partial charge in [0.15, 0.2) is 0 Å². The van der Waals surface area contributed by atoms with Crippen LogP contribution in [0.5, 0.6) is 0 Å². The van der Waals surface area contributed by atoms with Gasteiger partial charge in [-0.25, -0.2) is 4.68 Å². The second-order valence-electron chi connectivity index (χ2n) is 3.78. The predicted molar refractivity (Wildman–Crippen MR) is 52.7 cm³/mol. The first-order valence-electron chi connectivity index (χ1n) is 4.73. The van der Waals surface area contributed by atoms with Crippen LogP contribution in [-0.4, -0.2) is 38.0 Å². The van der Waals surface area contributed by atoms with E-state index in [0.29, 0.717) is 11.9 Å². The first-order valence-corrected chi connectivity index (χ1v) is 4.73. The fourth-order valence-electron chi connectivity index (χ4n) is 1.28. The van der Waals surface area contributed by atoms with E-state index in [1.54, 1.807) is 11.7 Å². The highest BCUT2D eigenvalue weighted by molar-refractivity contribution is 5.23. The summed E-state index contributed by atoms with van der Waals surface area (Å²) in [6.45, 7) is 4.31. The van der Waals surface area contributed by atoms with Gasteiger partial charge in [-0.15, -0.1) is 0 Å². The molecular formula is C8H17N5O. The summed E-state index contributed by atoms with van der Waals surface area (Å²) < 4.78 is 1.54. The van der Waals surface area contributed by atoms with Gasteiger partial charge < -0.3 is 10.4 Å². The fraction of sp³-hybridized carbons (Fsp3) is 0.875. The van der Waals surface area contributed by atoms with Crippen molar-refractivity contribution in [1.29, 1.82) is 0 Å². The number of nitrogens with one attached hydrogen (secondary N) is 1. The lowest BCUT2D eigenvalue weighted by Crippen LogP contribution is -2.27. The zero-order valence-electron chi connectivity index (χ0n) is 8.80. The van der Waals surface area contributed by atoms with Gasteiger partial charge in [0, 0.05) is 7.05 Å². The molecule has 1 rings (SSSR count). The van der Waals surface area contributed by atoms with E-state index in [9.17, 15) is 0 Å². The summed E-state index contributed by atoms with van der Waals surface area (Å²) >= 11 is 0. The number of aryl methyl sites for hydroxylation is 1. The molecule has 1 aromatic rings. The molecule has 0 saturated carbocycles. The van der Waals surface area contributed by atoms with Crippen molar-refractivity contribution >= 4 is 5.95 Å². The van der Waals surface area contributed by atoms with Crippen LogP contribution in [0.4, 0.5) is 5.95 Å². The molecule has 0 aliphatic rings. The van der Waals surface area contributed by atoms with E-state index in [-0.39, 0.29) is 12.6 Å². The monoisotopic (exact) mass is 199 g/mol. The van der Waals surface area contributed by atoms with Crippen molar-refractivity contribution in [3.05, 3.63) is 0 Å². The van der Waals surface area contributed by atoms with Gasteiger partial charge in [0.25, 0.3) is 0 Å². The Hall–Kier alpha value is -1.17. The molecule has 2 N–H and O–H groups in total. The molecule has 1 heterocycles. The summed E-state index contributed by atoms with van der Waals surface area (Å²) in [5.74, 6) is 1.12. The quantitative estimate of drug-likeness (QED) is 0.699. The van der Waals surface area contributed by atoms with Crippen molar-refractivity contribution in [3.63, 3.8) is 0 Å². The van der Waals surface area contributed by atoms with Gasteiger partial charge in [0.1, 0.15) is 0 Å². The number of hydrogen-bond acceptors (Lipinski definition) is 5. The SMILES string of the molecule is CC(C)CC(CO)Nc1nnnn1C. The first kappa shape index (κ1) is 10.9. The van der Waals surface area contributed by atoms with E-state index < -0.39 is 0 Å². The Morgan fingerprint density at radius 3 is 2.64 bits per heavy atom. The molecule has 0 radical (unpaired) electrons. The van der Waals surface area contributed by atoms with Gasteiger partial charge >= 0.3 is 0 Å². The second kappa shape index (κ2) is 4.90. The van der Waals surface area contributed by atoms with E-state index in [0.717, 1.165) is 6.42 Å². The third-order valence-corrected chi connectivity index (χ3v) is 1.93. The van der Waals surface area contributed by atoms with Crippen LogP contribution in [0.3, 0.4) is 0 Å². The van der Waals surface area contributed by atoms with Gasteiger partial charge in [-0.05, 0) is 22.8 Å². The molecule has 0 aromatic carbocycles. The largest absolute Gasteiger partial charge is 0.394 e. The Kier molecular flexibility index (Phi) is 3.82. The lowest BCUT2D eigenvalue weighted by molar-refractivity contribution is 0.258. The minimum absolute atomic E-state index is 0.0136. The normalized spacial score (nSPS) is 13.2. The van der Waals surface area contributed by atoms with Crippen LogP contribution in [-0.2, 0) is 7.05 Å². The Morgan fingerprint density at radius 2 is 2.21 bits per heavy atom. The third kappa shape index (κ3) is 2.95. The molecule has 1 atom stereocenters. The minimum atomic E-state index is 0.0136. The maximum absolute atomic E-state index is 9.12. The number of rotatable bonds is 5. The molecule has 6 heteroatoms. The summed E-state index contributed by atoms with van der Waals surface area (Å²) in [4.78, 5) is 0. The highest BCUT2D eigenvalue weighted by Crippen LogP contribution is 2.08. The minimum Gasteiger partial charge on any atom is -0.394 e. The molecule has 0 amide bonds. The Morgan fingerprint density at radius 1 is 1.50 bits per heavy atom. The van der Waals surface area contributed by atoms with E-state index >= 15 is 0 Å². The molecule has 0 spiro atoms. The van der Waals surface area contributed by atoms with Crippen molar-refractivity contribution in [1.82, 2.24) is 20.2 Å². The smallest absolute Gasteiger partial charge is 0.242 e. The van der Waals surface area contributed by atoms with Crippen LogP contribution >= 0.6 is 0 Å². The summed E-state index contributed by atoms with van der Waals surface area (Å²) in [7, 11) is 1.76. The molecule has 80 valence electrons. The molecular weight excluding hydrogens is 182 g/mol. The average molecular weight is 199 g/mol. The molecule has 0 aliphatic carbocycles. The lowest BCUT2D eigenvalue weighted by Gasteiger charge is -2.17. The molecule has 0 fully saturated rings. The van der Waals surface area contributed by atoms with E-state index in [2.05, 4.69) is 34.7 Å². The first-order chi connectivity index (χ1) is 6.63. The molecule has 0 bridgehead atoms. The van der Waals surface area contributed by atoms with Crippen molar-refractivity contribution < 1.29 is 5.11 Å². The summed E-state index contributed by atoms with van der Waals surface area (Å²) in [5, 5.41) is 23.2. The number of hydrogen-bond donors (Lipinski definition) is 2. The topological polar surface area (TPSA) is 75.9 Å². The van der Waals surface area contributed by atoms with Crippen LogP contribution in [0.1, 0.15) is 20.3 Å². The molecule has 6 nitrogen and oxygen atoms in total. The maximum Gasteiger partial charge on any atom is 0.242 e. The van der Waals surface area contributed by atoms with E-state index in [1.807, 2.05) is 0 Å². The Balaban J connectivity index is 2.52. The van der Waals surface area contributed by atoms with Crippen molar-refractivity contribution in [3.8, 4) is 0 Å². The molecule has 0 aliphatic heterocycles. The summed E-state index contributed by atoms with van der Waals surface area (Å²) in [6, 6.07) is 0.0136. The predicted octanol–water partition coefficient (Wildman–Crippen LogP) is 0.0290. The summed E-state index contributed by atoms with van der Waals surface area (Å²) in [5.41, 5.74) is 0. The number of aliphatic hydroxyl groups excluding tert-OH is 1. The highest BCUT2D eigenvalue weighted by atomic mass is 16.3. The van der Waals surface area contributed by atoms with Gasteiger partial charge in [0.05, 0.1) is 12.6 Å². The maximum atomic E-state index is 9.12. The Bertz CT molecular complexity index is 272. The highest BCUT2D eigenvalue weighted by Gasteiger charge is 2.12. The van der Waals surface area contributed by atoms with Crippen molar-refractivity contribution in [2.75, 3.05) is 11.9 Å². The van der Waals surface area contributed by atoms with Crippen LogP contribution in [0, 0.1) is 5.92 Å². The number of nitrogens with zero attached hydrogens (tertiary/aromatic N) is 4. The van der Waals surface area contributed by atoms with Crippen molar-refractivity contribution in [2.45, 2.75) is 26.3 Å². The summed E-state index contributed by atoms with van der Waals surface area (Å²) in [6.07, 6.45) is 0.892. The van der Waals surface area contributed by atoms with E-state index in [4.69, 9.17) is 5.11 Å². The molecule has 0 saturated heterocycles. The van der Waals surface area contributed by atoms with Crippen molar-refractivity contribution in [2.24, 2.45) is 13.0 Å². The van der Waals surface area contributed by atoms with Gasteiger partial charge in [-0.1, -0.05) is 18.9 Å². The number of aliphatic hydroxyl groups is 1. The van der Waals surface area contributed by atoms with Crippen LogP contribution in [0.15, 0.2) is 0 Å². The lowest BCUT2D eigenvalue weighted by atomic mass is 10.0. The second-order valence-corrected chi connectivity index (χ2v) is 3.78. The molecule has 14 heavy (non-hydrogen) atoms. The van der Waals surface area contributed by atoms with Crippen LogP contribution in [0.2, 0.25) is 0 Å². The van der Waals surface area contributed by atoms with Gasteiger partial charge in [-0.3, -0.25) is 0 Å². The standard InChI is InChI=1S/C8H17N5O/c1-6(2)4-7(5-14)9-8-10-11-12-13(8)3/h6-7,14H,4-5H2,1-3H3,(H,9,10,12). The number of aromatic nitrogens is 4. The fourth-order valence-corrected chi connectivity index (χ4v) is 1.28. The zero-order valence-corrected chi connectivity index (χ0v) is 8.80. The average Bonchev–Trinajstić information content (AvgIpc) is 2.50. The molecule has 1 aromatic heterocycles. The Labute approximate surface area is 83.3 Å². The van der Waals surface area contributed by atoms with Crippen LogP contribution in [0.25, 0.3) is 0 Å². The number of tetrazole rings is 1. The van der Waals surface area contributed by atoms with Gasteiger partial charge in [0.2, 0.25) is 5.95 Å². The molecule has 1 unspecified atom stereocenters. The van der Waals surface area contributed by atoms with E-state index in [1.165, 1.54) is 0 Å². The number of anilines is 1. The van der Waals surface area contributed by atoms with Gasteiger partial charge in [-0.2, -0.15) is 0 Å². The van der Waals surface area contributed by atoms with Crippen LogP contribution < -0.4 is 5.32 Å².